The van der Waals surface area contributed by atoms with E-state index in [1.807, 2.05) is 51.1 Å². The molecule has 20 heteroatoms. The standard InChI is InChI=1S/C49H71ClN4O15/c1-5-8-26-59-41-37(32-63-34(4)55)66-47(40(53-54-51)43(41)60-27-9-6-2)69-42-38(33-64-39(56)30-50)67-48(45(44(42)61-28-10-7-3)68-46(57)36-23-17-14-18-24-36)62-29-20-12-11-19-25-52-49(58)65-31-35-21-15-13-16-22-35/h13-18,21-24,37-38,40-45,47-48H,5-12,19-20,25-33H2,1-4H3,(H,52,58). The number of alkyl halides is 1. The zero-order valence-corrected chi connectivity index (χ0v) is 41.1. The van der Waals surface area contributed by atoms with Crippen molar-refractivity contribution in [1.82, 2.24) is 5.32 Å². The number of nitrogens with zero attached hydrogens (tertiary/aromatic N) is 3. The first kappa shape index (κ1) is 57.0. The molecule has 4 rings (SSSR count). The highest BCUT2D eigenvalue weighted by Gasteiger charge is 2.55. The number of carbonyl (C=O) groups is 4. The minimum atomic E-state index is -1.42. The molecule has 0 spiro atoms. The van der Waals surface area contributed by atoms with Crippen LogP contribution in [0.1, 0.15) is 108 Å². The van der Waals surface area contributed by atoms with Gasteiger partial charge in [-0.3, -0.25) is 9.59 Å². The predicted molar refractivity (Wildman–Crippen MR) is 252 cm³/mol. The van der Waals surface area contributed by atoms with E-state index in [0.717, 1.165) is 37.7 Å². The molecule has 19 nitrogen and oxygen atoms in total. The highest BCUT2D eigenvalue weighted by atomic mass is 35.5. The Morgan fingerprint density at radius 3 is 1.88 bits per heavy atom. The van der Waals surface area contributed by atoms with Crippen molar-refractivity contribution in [3.63, 3.8) is 0 Å². The molecular weight excluding hydrogens is 920 g/mol. The summed E-state index contributed by atoms with van der Waals surface area (Å²) in [5.41, 5.74) is 11.1. The summed E-state index contributed by atoms with van der Waals surface area (Å²) in [6.45, 7) is 8.18. The van der Waals surface area contributed by atoms with Crippen LogP contribution in [-0.4, -0.2) is 137 Å². The average molecular weight is 992 g/mol. The summed E-state index contributed by atoms with van der Waals surface area (Å²) < 4.78 is 68.3. The molecule has 10 atom stereocenters. The fourth-order valence-electron chi connectivity index (χ4n) is 7.51. The fraction of sp³-hybridized carbons (Fsp3) is 0.673. The van der Waals surface area contributed by atoms with Crippen molar-refractivity contribution in [1.29, 1.82) is 0 Å². The van der Waals surface area contributed by atoms with Gasteiger partial charge in [-0.15, -0.1) is 11.6 Å². The van der Waals surface area contributed by atoms with E-state index in [1.165, 1.54) is 6.92 Å². The second kappa shape index (κ2) is 33.1. The molecule has 384 valence electrons. The third-order valence-corrected chi connectivity index (χ3v) is 11.4. The van der Waals surface area contributed by atoms with E-state index in [9.17, 15) is 24.7 Å². The molecular formula is C49H71ClN4O15. The van der Waals surface area contributed by atoms with E-state index in [2.05, 4.69) is 15.3 Å². The number of nitrogens with one attached hydrogen (secondary N) is 1. The van der Waals surface area contributed by atoms with E-state index < -0.39 is 97.8 Å². The van der Waals surface area contributed by atoms with Crippen molar-refractivity contribution in [2.75, 3.05) is 52.1 Å². The second-order valence-electron chi connectivity index (χ2n) is 16.6. The van der Waals surface area contributed by atoms with Crippen LogP contribution in [0.3, 0.4) is 0 Å². The molecule has 2 aromatic carbocycles. The number of alkyl carbamates (subject to hydrolysis) is 1. The Bertz CT molecular complexity index is 1830. The molecule has 2 saturated heterocycles. The Morgan fingerprint density at radius 2 is 1.25 bits per heavy atom. The topological polar surface area (TPSA) is 231 Å². The molecule has 2 heterocycles. The lowest BCUT2D eigenvalue weighted by atomic mass is 9.95. The van der Waals surface area contributed by atoms with Gasteiger partial charge in [0.15, 0.2) is 18.7 Å². The van der Waals surface area contributed by atoms with Gasteiger partial charge in [0.25, 0.3) is 0 Å². The molecule has 0 saturated carbocycles. The number of amides is 1. The van der Waals surface area contributed by atoms with E-state index in [0.29, 0.717) is 45.3 Å². The molecule has 1 N–H and O–H groups in total. The molecule has 2 fully saturated rings. The molecule has 2 aromatic rings. The Hall–Kier alpha value is -4.56. The molecule has 2 aliphatic rings. The zero-order valence-electron chi connectivity index (χ0n) is 40.3. The van der Waals surface area contributed by atoms with Crippen LogP contribution in [0.15, 0.2) is 65.8 Å². The van der Waals surface area contributed by atoms with Gasteiger partial charge in [-0.2, -0.15) is 0 Å². The highest BCUT2D eigenvalue weighted by Crippen LogP contribution is 2.36. The first-order chi connectivity index (χ1) is 33.6. The Labute approximate surface area is 410 Å². The van der Waals surface area contributed by atoms with Crippen molar-refractivity contribution in [2.24, 2.45) is 5.11 Å². The molecule has 0 radical (unpaired) electrons. The Morgan fingerprint density at radius 1 is 0.667 bits per heavy atom. The number of azide groups is 1. The SMILES string of the molecule is CCCCOC1C(COC(C)=O)OC(OC2C(COC(=O)CCl)OC(OCCCCCCNC(=O)OCc3ccccc3)C(OC(=O)c3ccccc3)C2OCCCC)C(N=[N+]=[N-])C1OCCCC. The van der Waals surface area contributed by atoms with Crippen molar-refractivity contribution >= 4 is 35.6 Å². The van der Waals surface area contributed by atoms with Crippen molar-refractivity contribution in [2.45, 2.75) is 160 Å². The van der Waals surface area contributed by atoms with Gasteiger partial charge in [0.1, 0.15) is 62.3 Å². The molecule has 0 aromatic heterocycles. The van der Waals surface area contributed by atoms with Crippen molar-refractivity contribution in [3.05, 3.63) is 82.2 Å². The van der Waals surface area contributed by atoms with Gasteiger partial charge < -0.3 is 57.4 Å². The molecule has 0 aliphatic carbocycles. The summed E-state index contributed by atoms with van der Waals surface area (Å²) in [5.74, 6) is -2.44. The molecule has 2 aliphatic heterocycles. The van der Waals surface area contributed by atoms with Crippen LogP contribution < -0.4 is 5.32 Å². The van der Waals surface area contributed by atoms with Gasteiger partial charge in [0.05, 0.1) is 11.7 Å². The van der Waals surface area contributed by atoms with E-state index in [4.69, 9.17) is 63.7 Å². The minimum Gasteiger partial charge on any atom is -0.463 e. The molecule has 10 unspecified atom stereocenters. The van der Waals surface area contributed by atoms with Gasteiger partial charge in [0.2, 0.25) is 0 Å². The summed E-state index contributed by atoms with van der Waals surface area (Å²) in [7, 11) is 0. The summed E-state index contributed by atoms with van der Waals surface area (Å²) >= 11 is 5.87. The van der Waals surface area contributed by atoms with Crippen molar-refractivity contribution in [3.8, 4) is 0 Å². The van der Waals surface area contributed by atoms with Crippen LogP contribution in [-0.2, 0) is 68.3 Å². The van der Waals surface area contributed by atoms with E-state index >= 15 is 0 Å². The van der Waals surface area contributed by atoms with Crippen LogP contribution in [0, 0.1) is 0 Å². The fourth-order valence-corrected chi connectivity index (χ4v) is 7.59. The smallest absolute Gasteiger partial charge is 0.407 e. The number of benzene rings is 2. The van der Waals surface area contributed by atoms with Crippen molar-refractivity contribution < 1.29 is 71.3 Å². The van der Waals surface area contributed by atoms with Gasteiger partial charge >= 0.3 is 24.0 Å². The maximum absolute atomic E-state index is 13.9. The zero-order chi connectivity index (χ0) is 49.6. The normalized spacial score (nSPS) is 24.4. The van der Waals surface area contributed by atoms with Gasteiger partial charge in [-0.05, 0) is 55.3 Å². The lowest BCUT2D eigenvalue weighted by molar-refractivity contribution is -0.352. The highest BCUT2D eigenvalue weighted by molar-refractivity contribution is 6.26. The van der Waals surface area contributed by atoms with Crippen LogP contribution in [0.4, 0.5) is 4.79 Å². The number of halogens is 1. The minimum absolute atomic E-state index is 0.163. The summed E-state index contributed by atoms with van der Waals surface area (Å²) in [4.78, 5) is 54.0. The monoisotopic (exact) mass is 990 g/mol. The van der Waals surface area contributed by atoms with Crippen LogP contribution in [0.5, 0.6) is 0 Å². The third kappa shape index (κ3) is 20.0. The maximum Gasteiger partial charge on any atom is 0.407 e. The Kier molecular flexibility index (Phi) is 27.4. The number of rotatable bonds is 32. The van der Waals surface area contributed by atoms with E-state index in [1.54, 1.807) is 30.3 Å². The third-order valence-electron chi connectivity index (χ3n) is 11.2. The number of hydrogen-bond donors (Lipinski definition) is 1. The number of hydrogen-bond acceptors (Lipinski definition) is 16. The lowest BCUT2D eigenvalue weighted by Crippen LogP contribution is -2.66. The second-order valence-corrected chi connectivity index (χ2v) is 16.8. The summed E-state index contributed by atoms with van der Waals surface area (Å²) in [6, 6.07) is 16.6. The molecule has 1 amide bonds. The molecule has 0 bridgehead atoms. The average Bonchev–Trinajstić information content (AvgIpc) is 3.36. The number of carbonyl (C=O) groups excluding carboxylic acids is 4. The van der Waals surface area contributed by atoms with Crippen LogP contribution >= 0.6 is 11.6 Å². The first-order valence-corrected chi connectivity index (χ1v) is 24.7. The molecule has 69 heavy (non-hydrogen) atoms. The van der Waals surface area contributed by atoms with Gasteiger partial charge in [-0.25, -0.2) is 9.59 Å². The quantitative estimate of drug-likeness (QED) is 0.0139. The van der Waals surface area contributed by atoms with Crippen LogP contribution in [0.2, 0.25) is 0 Å². The maximum atomic E-state index is 13.9. The van der Waals surface area contributed by atoms with Gasteiger partial charge in [-0.1, -0.05) is 107 Å². The number of unbranched alkanes of at least 4 members (excludes halogenated alkanes) is 6. The Balaban J connectivity index is 1.62. The summed E-state index contributed by atoms with van der Waals surface area (Å²) in [5, 5.41) is 6.91. The van der Waals surface area contributed by atoms with Gasteiger partial charge in [0, 0.05) is 44.8 Å². The largest absolute Gasteiger partial charge is 0.463 e. The lowest BCUT2D eigenvalue weighted by Gasteiger charge is -2.49. The van der Waals surface area contributed by atoms with E-state index in [-0.39, 0.29) is 38.6 Å². The number of esters is 3. The van der Waals surface area contributed by atoms with Crippen LogP contribution in [0.25, 0.3) is 10.4 Å². The predicted octanol–water partition coefficient (Wildman–Crippen LogP) is 8.13. The number of ether oxygens (including phenoxy) is 11. The first-order valence-electron chi connectivity index (χ1n) is 24.2. The summed E-state index contributed by atoms with van der Waals surface area (Å²) in [6.07, 6.45) is -3.63.